The van der Waals surface area contributed by atoms with Crippen LogP contribution in [0, 0.1) is 5.41 Å². The Morgan fingerprint density at radius 3 is 2.25 bits per heavy atom. The molecule has 70 valence electrons. The van der Waals surface area contributed by atoms with Gasteiger partial charge in [0, 0.05) is 13.7 Å². The third kappa shape index (κ3) is 1.94. The van der Waals surface area contributed by atoms with E-state index in [-0.39, 0.29) is 13.0 Å². The van der Waals surface area contributed by atoms with Crippen molar-refractivity contribution in [1.82, 2.24) is 5.32 Å². The van der Waals surface area contributed by atoms with Crippen molar-refractivity contribution in [3.63, 3.8) is 0 Å². The molecule has 0 radical (unpaired) electrons. The Hall–Kier alpha value is -1.10. The number of aliphatic hydroxyl groups excluding tert-OH is 1. The average Bonchev–Trinajstić information content (AvgIpc) is 2.03. The molecule has 0 spiro atoms. The highest BCUT2D eigenvalue weighted by Gasteiger charge is 2.39. The van der Waals surface area contributed by atoms with Crippen molar-refractivity contribution in [2.24, 2.45) is 5.41 Å². The number of carboxylic acids is 1. The number of aliphatic hydroxyl groups is 1. The molecule has 0 saturated carbocycles. The van der Waals surface area contributed by atoms with E-state index in [0.717, 1.165) is 0 Å². The molecule has 12 heavy (non-hydrogen) atoms. The molecule has 0 heterocycles. The van der Waals surface area contributed by atoms with Gasteiger partial charge >= 0.3 is 5.97 Å². The maximum absolute atomic E-state index is 11.1. The Balaban J connectivity index is 4.61. The first-order valence-corrected chi connectivity index (χ1v) is 3.55. The monoisotopic (exact) mass is 175 g/mol. The highest BCUT2D eigenvalue weighted by atomic mass is 16.4. The van der Waals surface area contributed by atoms with Crippen molar-refractivity contribution < 1.29 is 19.8 Å². The maximum atomic E-state index is 11.1. The highest BCUT2D eigenvalue weighted by Crippen LogP contribution is 2.21. The zero-order valence-corrected chi connectivity index (χ0v) is 7.13. The second kappa shape index (κ2) is 4.06. The van der Waals surface area contributed by atoms with Crippen LogP contribution in [-0.2, 0) is 9.59 Å². The van der Waals surface area contributed by atoms with Crippen LogP contribution in [0.5, 0.6) is 0 Å². The standard InChI is InChI=1S/C7H13NO4/c1-7(3-4-9,6(11)12)5(10)8-2/h9H,3-4H2,1-2H3,(H,8,10)(H,11,12). The molecule has 0 aromatic rings. The predicted octanol–water partition coefficient (Wildman–Crippen LogP) is -0.794. The van der Waals surface area contributed by atoms with Crippen molar-refractivity contribution >= 4 is 11.9 Å². The van der Waals surface area contributed by atoms with E-state index in [4.69, 9.17) is 10.2 Å². The number of hydrogen-bond donors (Lipinski definition) is 3. The summed E-state index contributed by atoms with van der Waals surface area (Å²) in [6.07, 6.45) is -0.0813. The first-order chi connectivity index (χ1) is 5.49. The molecule has 5 heteroatoms. The number of nitrogens with one attached hydrogen (secondary N) is 1. The first kappa shape index (κ1) is 10.9. The third-order valence-electron chi connectivity index (χ3n) is 1.81. The number of carbonyl (C=O) groups is 2. The Morgan fingerprint density at radius 2 is 2.00 bits per heavy atom. The zero-order chi connectivity index (χ0) is 9.78. The van der Waals surface area contributed by atoms with Gasteiger partial charge in [0.1, 0.15) is 5.41 Å². The van der Waals surface area contributed by atoms with Crippen LogP contribution >= 0.6 is 0 Å². The normalized spacial score (nSPS) is 14.9. The number of aliphatic carboxylic acids is 1. The molecule has 0 aliphatic rings. The molecular formula is C7H13NO4. The van der Waals surface area contributed by atoms with Crippen LogP contribution in [0.3, 0.4) is 0 Å². The predicted molar refractivity (Wildman–Crippen MR) is 41.5 cm³/mol. The molecular weight excluding hydrogens is 162 g/mol. The summed E-state index contributed by atoms with van der Waals surface area (Å²) in [5, 5.41) is 19.5. The number of amides is 1. The summed E-state index contributed by atoms with van der Waals surface area (Å²) in [5.41, 5.74) is -1.52. The summed E-state index contributed by atoms with van der Waals surface area (Å²) in [5.74, 6) is -1.82. The van der Waals surface area contributed by atoms with Crippen molar-refractivity contribution in [3.05, 3.63) is 0 Å². The van der Waals surface area contributed by atoms with Crippen molar-refractivity contribution in [2.75, 3.05) is 13.7 Å². The van der Waals surface area contributed by atoms with Crippen LogP contribution in [0.25, 0.3) is 0 Å². The van der Waals surface area contributed by atoms with Gasteiger partial charge in [-0.2, -0.15) is 0 Å². The Bertz CT molecular complexity index is 192. The number of rotatable bonds is 4. The summed E-state index contributed by atoms with van der Waals surface area (Å²) in [6.45, 7) is 0.959. The number of carbonyl (C=O) groups excluding carboxylic acids is 1. The van der Waals surface area contributed by atoms with E-state index in [9.17, 15) is 9.59 Å². The lowest BCUT2D eigenvalue weighted by Crippen LogP contribution is -2.43. The largest absolute Gasteiger partial charge is 0.480 e. The van der Waals surface area contributed by atoms with Crippen molar-refractivity contribution in [3.8, 4) is 0 Å². The summed E-state index contributed by atoms with van der Waals surface area (Å²) in [6, 6.07) is 0. The fourth-order valence-electron chi connectivity index (χ4n) is 0.817. The van der Waals surface area contributed by atoms with Gasteiger partial charge in [-0.05, 0) is 13.3 Å². The summed E-state index contributed by atoms with van der Waals surface area (Å²) >= 11 is 0. The van der Waals surface area contributed by atoms with E-state index in [1.807, 2.05) is 0 Å². The summed E-state index contributed by atoms with van der Waals surface area (Å²) < 4.78 is 0. The fourth-order valence-corrected chi connectivity index (χ4v) is 0.817. The quantitative estimate of drug-likeness (QED) is 0.488. The second-order valence-corrected chi connectivity index (χ2v) is 2.69. The van der Waals surface area contributed by atoms with E-state index < -0.39 is 17.3 Å². The van der Waals surface area contributed by atoms with Crippen LogP contribution in [-0.4, -0.2) is 35.7 Å². The fraction of sp³-hybridized carbons (Fsp3) is 0.714. The minimum atomic E-state index is -1.52. The Morgan fingerprint density at radius 1 is 1.50 bits per heavy atom. The van der Waals surface area contributed by atoms with E-state index in [0.29, 0.717) is 0 Å². The molecule has 0 bridgehead atoms. The minimum absolute atomic E-state index is 0.0813. The van der Waals surface area contributed by atoms with Gasteiger partial charge in [0.05, 0.1) is 0 Å². The van der Waals surface area contributed by atoms with Gasteiger partial charge in [-0.25, -0.2) is 0 Å². The molecule has 1 unspecified atom stereocenters. The minimum Gasteiger partial charge on any atom is -0.480 e. The van der Waals surface area contributed by atoms with Crippen LogP contribution < -0.4 is 5.32 Å². The smallest absolute Gasteiger partial charge is 0.319 e. The van der Waals surface area contributed by atoms with E-state index in [1.165, 1.54) is 14.0 Å². The van der Waals surface area contributed by atoms with E-state index >= 15 is 0 Å². The number of carboxylic acid groups (broad SMARTS) is 1. The first-order valence-electron chi connectivity index (χ1n) is 3.55. The van der Waals surface area contributed by atoms with Crippen LogP contribution in [0.1, 0.15) is 13.3 Å². The molecule has 0 rings (SSSR count). The lowest BCUT2D eigenvalue weighted by Gasteiger charge is -2.21. The molecule has 0 aromatic heterocycles. The maximum Gasteiger partial charge on any atom is 0.319 e. The molecule has 0 saturated heterocycles. The third-order valence-corrected chi connectivity index (χ3v) is 1.81. The topological polar surface area (TPSA) is 86.6 Å². The average molecular weight is 175 g/mol. The Labute approximate surface area is 70.4 Å². The van der Waals surface area contributed by atoms with E-state index in [1.54, 1.807) is 0 Å². The molecule has 0 aliphatic carbocycles. The molecule has 1 amide bonds. The molecule has 3 N–H and O–H groups in total. The van der Waals surface area contributed by atoms with Gasteiger partial charge in [0.25, 0.3) is 0 Å². The second-order valence-electron chi connectivity index (χ2n) is 2.69. The van der Waals surface area contributed by atoms with Gasteiger partial charge in [0.15, 0.2) is 0 Å². The summed E-state index contributed by atoms with van der Waals surface area (Å²) in [4.78, 5) is 21.7. The van der Waals surface area contributed by atoms with Gasteiger partial charge < -0.3 is 15.5 Å². The molecule has 1 atom stereocenters. The molecule has 0 fully saturated rings. The lowest BCUT2D eigenvalue weighted by molar-refractivity contribution is -0.155. The molecule has 0 aliphatic heterocycles. The van der Waals surface area contributed by atoms with Gasteiger partial charge in [-0.1, -0.05) is 0 Å². The highest BCUT2D eigenvalue weighted by molar-refractivity contribution is 6.01. The number of hydrogen-bond acceptors (Lipinski definition) is 3. The molecule has 5 nitrogen and oxygen atoms in total. The SMILES string of the molecule is CNC(=O)C(C)(CCO)C(=O)O. The van der Waals surface area contributed by atoms with Crippen LogP contribution in [0.4, 0.5) is 0 Å². The Kier molecular flexibility index (Phi) is 3.69. The van der Waals surface area contributed by atoms with Crippen LogP contribution in [0.15, 0.2) is 0 Å². The summed E-state index contributed by atoms with van der Waals surface area (Å²) in [7, 11) is 1.36. The van der Waals surface area contributed by atoms with Crippen molar-refractivity contribution in [1.29, 1.82) is 0 Å². The van der Waals surface area contributed by atoms with Crippen LogP contribution in [0.2, 0.25) is 0 Å². The van der Waals surface area contributed by atoms with Gasteiger partial charge in [-0.15, -0.1) is 0 Å². The van der Waals surface area contributed by atoms with Gasteiger partial charge in [0.2, 0.25) is 5.91 Å². The zero-order valence-electron chi connectivity index (χ0n) is 7.13. The molecule has 0 aromatic carbocycles. The van der Waals surface area contributed by atoms with Crippen molar-refractivity contribution in [2.45, 2.75) is 13.3 Å². The lowest BCUT2D eigenvalue weighted by atomic mass is 9.86. The van der Waals surface area contributed by atoms with E-state index in [2.05, 4.69) is 5.32 Å². The van der Waals surface area contributed by atoms with Gasteiger partial charge in [-0.3, -0.25) is 9.59 Å².